The molecule has 29 heavy (non-hydrogen) atoms. The second kappa shape index (κ2) is 6.20. The Kier molecular flexibility index (Phi) is 3.74. The molecule has 0 atom stereocenters. The first-order chi connectivity index (χ1) is 13.9. The predicted molar refractivity (Wildman–Crippen MR) is 110 cm³/mol. The Morgan fingerprint density at radius 2 is 1.62 bits per heavy atom. The van der Waals surface area contributed by atoms with Crippen molar-refractivity contribution in [3.63, 3.8) is 0 Å². The minimum absolute atomic E-state index is 0.0931. The molecule has 0 fully saturated rings. The van der Waals surface area contributed by atoms with Gasteiger partial charge in [-0.15, -0.1) is 5.10 Å². The zero-order chi connectivity index (χ0) is 20.2. The maximum absolute atomic E-state index is 13.2. The lowest BCUT2D eigenvalue weighted by molar-refractivity contribution is 0.590. The van der Waals surface area contributed by atoms with Crippen LogP contribution in [0.25, 0.3) is 33.8 Å². The van der Waals surface area contributed by atoms with Gasteiger partial charge in [-0.2, -0.15) is 5.10 Å². The number of hydrogen-bond acceptors (Lipinski definition) is 4. The Morgan fingerprint density at radius 3 is 2.31 bits per heavy atom. The average Bonchev–Trinajstić information content (AvgIpc) is 3.32. The summed E-state index contributed by atoms with van der Waals surface area (Å²) in [4.78, 5) is 9.21. The summed E-state index contributed by atoms with van der Waals surface area (Å²) < 4.78 is 16.6. The number of rotatable bonds is 2. The summed E-state index contributed by atoms with van der Waals surface area (Å²) in [6, 6.07) is 14.4. The predicted octanol–water partition coefficient (Wildman–Crippen LogP) is 4.57. The largest absolute Gasteiger partial charge is 0.216 e. The van der Waals surface area contributed by atoms with Crippen LogP contribution in [0.4, 0.5) is 4.39 Å². The number of benzene rings is 2. The van der Waals surface area contributed by atoms with Crippen molar-refractivity contribution < 1.29 is 4.39 Å². The maximum Gasteiger partial charge on any atom is 0.182 e. The fourth-order valence-corrected chi connectivity index (χ4v) is 3.33. The van der Waals surface area contributed by atoms with Crippen LogP contribution < -0.4 is 0 Å². The lowest BCUT2D eigenvalue weighted by Crippen LogP contribution is -2.10. The summed E-state index contributed by atoms with van der Waals surface area (Å²) >= 11 is 0. The van der Waals surface area contributed by atoms with E-state index in [4.69, 9.17) is 4.98 Å². The lowest BCUT2D eigenvalue weighted by atomic mass is 9.87. The Balaban J connectivity index is 1.60. The molecule has 3 heterocycles. The Bertz CT molecular complexity index is 1320. The van der Waals surface area contributed by atoms with Gasteiger partial charge in [0.05, 0.1) is 17.3 Å². The number of aromatic nitrogens is 6. The zero-order valence-corrected chi connectivity index (χ0v) is 16.3. The molecule has 0 radical (unpaired) electrons. The molecular formula is C22H19FN6. The van der Waals surface area contributed by atoms with Crippen molar-refractivity contribution in [3.05, 3.63) is 72.4 Å². The van der Waals surface area contributed by atoms with Crippen molar-refractivity contribution in [2.24, 2.45) is 0 Å². The standard InChI is InChI=1S/C22H19FN6/c1-22(2,3)15-6-4-14(5-7-15)19-26-21-18-12-25-29(17-10-8-16(23)9-11-17)20(18)24-13-28(21)27-19/h4-13H,1-3H3. The topological polar surface area (TPSA) is 60.9 Å². The summed E-state index contributed by atoms with van der Waals surface area (Å²) in [5.41, 5.74) is 4.35. The third kappa shape index (κ3) is 2.95. The smallest absolute Gasteiger partial charge is 0.182 e. The molecule has 0 saturated heterocycles. The third-order valence-electron chi connectivity index (χ3n) is 4.99. The first kappa shape index (κ1) is 17.5. The van der Waals surface area contributed by atoms with Crippen LogP contribution >= 0.6 is 0 Å². The van der Waals surface area contributed by atoms with Gasteiger partial charge in [-0.1, -0.05) is 45.0 Å². The van der Waals surface area contributed by atoms with Gasteiger partial charge >= 0.3 is 0 Å². The fourth-order valence-electron chi connectivity index (χ4n) is 3.33. The summed E-state index contributed by atoms with van der Waals surface area (Å²) in [7, 11) is 0. The molecule has 5 rings (SSSR count). The van der Waals surface area contributed by atoms with Gasteiger partial charge < -0.3 is 0 Å². The van der Waals surface area contributed by atoms with Crippen molar-refractivity contribution >= 4 is 16.7 Å². The highest BCUT2D eigenvalue weighted by atomic mass is 19.1. The van der Waals surface area contributed by atoms with Crippen LogP contribution in [-0.2, 0) is 5.41 Å². The molecule has 0 spiro atoms. The Morgan fingerprint density at radius 1 is 0.897 bits per heavy atom. The summed E-state index contributed by atoms with van der Waals surface area (Å²) in [6.45, 7) is 6.56. The van der Waals surface area contributed by atoms with Gasteiger partial charge in [-0.05, 0) is 35.2 Å². The van der Waals surface area contributed by atoms with E-state index in [1.165, 1.54) is 17.7 Å². The van der Waals surface area contributed by atoms with Crippen molar-refractivity contribution in [1.82, 2.24) is 29.4 Å². The van der Waals surface area contributed by atoms with E-state index in [9.17, 15) is 4.39 Å². The summed E-state index contributed by atoms with van der Waals surface area (Å²) in [5.74, 6) is 0.342. The molecule has 2 aromatic carbocycles. The van der Waals surface area contributed by atoms with Crippen molar-refractivity contribution in [3.8, 4) is 17.1 Å². The molecule has 6 nitrogen and oxygen atoms in total. The van der Waals surface area contributed by atoms with E-state index < -0.39 is 0 Å². The molecule has 0 aliphatic heterocycles. The van der Waals surface area contributed by atoms with Crippen molar-refractivity contribution in [1.29, 1.82) is 0 Å². The zero-order valence-electron chi connectivity index (χ0n) is 16.3. The number of fused-ring (bicyclic) bond motifs is 3. The highest BCUT2D eigenvalue weighted by molar-refractivity contribution is 5.89. The van der Waals surface area contributed by atoms with Gasteiger partial charge in [0.15, 0.2) is 17.1 Å². The van der Waals surface area contributed by atoms with Crippen molar-refractivity contribution in [2.75, 3.05) is 0 Å². The van der Waals surface area contributed by atoms with Crippen LogP contribution in [-0.4, -0.2) is 29.4 Å². The molecule has 7 heteroatoms. The molecule has 0 aliphatic rings. The van der Waals surface area contributed by atoms with Gasteiger partial charge in [0.2, 0.25) is 0 Å². The molecule has 144 valence electrons. The minimum atomic E-state index is -0.292. The molecule has 0 saturated carbocycles. The second-order valence-corrected chi connectivity index (χ2v) is 8.05. The highest BCUT2D eigenvalue weighted by Gasteiger charge is 2.16. The van der Waals surface area contributed by atoms with E-state index >= 15 is 0 Å². The van der Waals surface area contributed by atoms with Gasteiger partial charge in [0.25, 0.3) is 0 Å². The van der Waals surface area contributed by atoms with E-state index in [1.54, 1.807) is 33.9 Å². The quantitative estimate of drug-likeness (QED) is 0.446. The van der Waals surface area contributed by atoms with Crippen LogP contribution in [0.1, 0.15) is 26.3 Å². The summed E-state index contributed by atoms with van der Waals surface area (Å²) in [6.07, 6.45) is 3.33. The molecule has 0 aliphatic carbocycles. The first-order valence-electron chi connectivity index (χ1n) is 9.36. The minimum Gasteiger partial charge on any atom is -0.216 e. The van der Waals surface area contributed by atoms with Gasteiger partial charge in [0, 0.05) is 5.56 Å². The van der Waals surface area contributed by atoms with Gasteiger partial charge in [-0.3, -0.25) is 0 Å². The number of halogens is 1. The monoisotopic (exact) mass is 386 g/mol. The second-order valence-electron chi connectivity index (χ2n) is 8.05. The van der Waals surface area contributed by atoms with Crippen LogP contribution in [0.2, 0.25) is 0 Å². The van der Waals surface area contributed by atoms with E-state index in [0.29, 0.717) is 17.1 Å². The van der Waals surface area contributed by atoms with E-state index in [1.807, 2.05) is 12.1 Å². The molecular weight excluding hydrogens is 367 g/mol. The molecule has 0 amide bonds. The number of hydrogen-bond donors (Lipinski definition) is 0. The van der Waals surface area contributed by atoms with Gasteiger partial charge in [-0.25, -0.2) is 23.6 Å². The Labute approximate surface area is 166 Å². The lowest BCUT2D eigenvalue weighted by Gasteiger charge is -2.18. The Hall–Kier alpha value is -3.61. The molecule has 0 bridgehead atoms. The maximum atomic E-state index is 13.2. The number of nitrogens with zero attached hydrogens (tertiary/aromatic N) is 6. The summed E-state index contributed by atoms with van der Waals surface area (Å²) in [5, 5.41) is 9.77. The average molecular weight is 386 g/mol. The SMILES string of the molecule is CC(C)(C)c1ccc(-c2nc3c4cnn(-c5ccc(F)cc5)c4ncn3n2)cc1. The molecule has 0 N–H and O–H groups in total. The van der Waals surface area contributed by atoms with Gasteiger partial charge in [0.1, 0.15) is 12.1 Å². The van der Waals surface area contributed by atoms with Crippen LogP contribution in [0.5, 0.6) is 0 Å². The molecule has 5 aromatic rings. The molecule has 0 unspecified atom stereocenters. The highest BCUT2D eigenvalue weighted by Crippen LogP contribution is 2.26. The fraction of sp³-hybridized carbons (Fsp3) is 0.182. The van der Waals surface area contributed by atoms with E-state index in [-0.39, 0.29) is 11.2 Å². The van der Waals surface area contributed by atoms with E-state index in [2.05, 4.69) is 48.1 Å². The van der Waals surface area contributed by atoms with E-state index in [0.717, 1.165) is 16.6 Å². The first-order valence-corrected chi connectivity index (χ1v) is 9.36. The third-order valence-corrected chi connectivity index (χ3v) is 4.99. The molecule has 3 aromatic heterocycles. The van der Waals surface area contributed by atoms with Crippen LogP contribution in [0, 0.1) is 5.82 Å². The van der Waals surface area contributed by atoms with Crippen LogP contribution in [0.3, 0.4) is 0 Å². The van der Waals surface area contributed by atoms with Crippen LogP contribution in [0.15, 0.2) is 61.1 Å². The van der Waals surface area contributed by atoms with Crippen molar-refractivity contribution in [2.45, 2.75) is 26.2 Å². The normalized spacial score (nSPS) is 12.1.